The minimum atomic E-state index is -0.410. The minimum Gasteiger partial charge on any atom is -0.425 e. The Bertz CT molecular complexity index is 740. The zero-order chi connectivity index (χ0) is 16.5. The Morgan fingerprint density at radius 1 is 1.38 bits per heavy atom. The number of aromatic nitrogens is 1. The van der Waals surface area contributed by atoms with Gasteiger partial charge in [-0.1, -0.05) is 6.07 Å². The van der Waals surface area contributed by atoms with Crippen LogP contribution in [0.15, 0.2) is 34.9 Å². The Morgan fingerprint density at radius 3 is 2.92 bits per heavy atom. The van der Waals surface area contributed by atoms with Gasteiger partial charge < -0.3 is 19.4 Å². The average molecular weight is 331 g/mol. The van der Waals surface area contributed by atoms with Gasteiger partial charge in [-0.3, -0.25) is 4.79 Å². The molecule has 2 bridgehead atoms. The van der Waals surface area contributed by atoms with Gasteiger partial charge in [-0.2, -0.15) is 0 Å². The van der Waals surface area contributed by atoms with E-state index < -0.39 is 5.82 Å². The van der Waals surface area contributed by atoms with Crippen LogP contribution in [0.1, 0.15) is 23.5 Å². The second-order valence-electron chi connectivity index (χ2n) is 6.26. The number of nitrogens with zero attached hydrogens (tertiary/aromatic N) is 2. The molecule has 126 valence electrons. The van der Waals surface area contributed by atoms with Gasteiger partial charge in [0.1, 0.15) is 17.8 Å². The molecule has 1 amide bonds. The first-order valence-corrected chi connectivity index (χ1v) is 8.10. The minimum absolute atomic E-state index is 0.0437. The second kappa shape index (κ2) is 6.24. The van der Waals surface area contributed by atoms with Crippen molar-refractivity contribution >= 4 is 5.91 Å². The molecule has 7 heteroatoms. The first-order valence-electron chi connectivity index (χ1n) is 8.10. The molecule has 4 heterocycles. The monoisotopic (exact) mass is 331 g/mol. The third-order valence-electron chi connectivity index (χ3n) is 4.67. The van der Waals surface area contributed by atoms with Crippen LogP contribution in [0.25, 0.3) is 0 Å². The van der Waals surface area contributed by atoms with Gasteiger partial charge >= 0.3 is 11.9 Å². The highest BCUT2D eigenvalue weighted by Gasteiger charge is 2.35. The van der Waals surface area contributed by atoms with Crippen molar-refractivity contribution in [2.45, 2.75) is 18.9 Å². The van der Waals surface area contributed by atoms with E-state index in [1.54, 1.807) is 6.07 Å². The second-order valence-corrected chi connectivity index (χ2v) is 6.26. The number of amides is 1. The van der Waals surface area contributed by atoms with E-state index in [1.165, 1.54) is 24.4 Å². The summed E-state index contributed by atoms with van der Waals surface area (Å²) in [5, 5.41) is 3.00. The SMILES string of the molecule is O=C(N[C@H]1CN2CCC1CC2)c1ncc(Oc2cccc(F)c2)o1. The van der Waals surface area contributed by atoms with E-state index in [2.05, 4.69) is 15.2 Å². The standard InChI is InChI=1S/C17H18FN3O3/c18-12-2-1-3-13(8-12)23-15-9-19-17(24-15)16(22)20-14-10-21-6-4-11(14)5-7-21/h1-3,8-9,11,14H,4-7,10H2,(H,20,22)/t14-/m0/s1. The van der Waals surface area contributed by atoms with Gasteiger partial charge in [0.05, 0.1) is 0 Å². The van der Waals surface area contributed by atoms with Crippen molar-refractivity contribution < 1.29 is 18.3 Å². The molecule has 0 radical (unpaired) electrons. The molecule has 1 atom stereocenters. The highest BCUT2D eigenvalue weighted by Crippen LogP contribution is 2.28. The van der Waals surface area contributed by atoms with Crippen LogP contribution in [0, 0.1) is 11.7 Å². The fourth-order valence-electron chi connectivity index (χ4n) is 3.42. The molecule has 3 aliphatic rings. The molecule has 1 N–H and O–H groups in total. The third kappa shape index (κ3) is 3.12. The lowest BCUT2D eigenvalue weighted by Gasteiger charge is -2.44. The Labute approximate surface area is 138 Å². The molecule has 3 aliphatic heterocycles. The first kappa shape index (κ1) is 15.1. The van der Waals surface area contributed by atoms with Crippen LogP contribution >= 0.6 is 0 Å². The summed E-state index contributed by atoms with van der Waals surface area (Å²) in [5.41, 5.74) is 0. The van der Waals surface area contributed by atoms with Crippen molar-refractivity contribution in [2.75, 3.05) is 19.6 Å². The average Bonchev–Trinajstić information content (AvgIpc) is 3.05. The summed E-state index contributed by atoms with van der Waals surface area (Å²) in [4.78, 5) is 18.6. The molecule has 3 fully saturated rings. The van der Waals surface area contributed by atoms with Crippen molar-refractivity contribution in [3.8, 4) is 11.7 Å². The van der Waals surface area contributed by atoms with Crippen LogP contribution in [0.2, 0.25) is 0 Å². The number of ether oxygens (including phenoxy) is 1. The number of carbonyl (C=O) groups is 1. The van der Waals surface area contributed by atoms with E-state index in [4.69, 9.17) is 9.15 Å². The number of oxazole rings is 1. The zero-order valence-corrected chi connectivity index (χ0v) is 13.1. The van der Waals surface area contributed by atoms with Gasteiger partial charge in [0, 0.05) is 18.7 Å². The van der Waals surface area contributed by atoms with Crippen LogP contribution in [0.4, 0.5) is 4.39 Å². The lowest BCUT2D eigenvalue weighted by atomic mass is 9.84. The van der Waals surface area contributed by atoms with Crippen LogP contribution in [0.5, 0.6) is 11.7 Å². The predicted molar refractivity (Wildman–Crippen MR) is 83.4 cm³/mol. The molecule has 1 aromatic heterocycles. The van der Waals surface area contributed by atoms with Crippen molar-refractivity contribution in [3.05, 3.63) is 42.2 Å². The van der Waals surface area contributed by atoms with Gasteiger partial charge in [-0.05, 0) is 44.0 Å². The van der Waals surface area contributed by atoms with Crippen molar-refractivity contribution in [1.82, 2.24) is 15.2 Å². The fraction of sp³-hybridized carbons (Fsp3) is 0.412. The molecule has 0 saturated carbocycles. The van der Waals surface area contributed by atoms with Gasteiger partial charge in [0.15, 0.2) is 0 Å². The topological polar surface area (TPSA) is 67.6 Å². The molecule has 0 spiro atoms. The number of hydrogen-bond acceptors (Lipinski definition) is 5. The fourth-order valence-corrected chi connectivity index (χ4v) is 3.42. The van der Waals surface area contributed by atoms with Crippen molar-refractivity contribution in [2.24, 2.45) is 5.92 Å². The number of fused-ring (bicyclic) bond motifs is 3. The smallest absolute Gasteiger partial charge is 0.311 e. The van der Waals surface area contributed by atoms with E-state index in [0.717, 1.165) is 32.5 Å². The van der Waals surface area contributed by atoms with E-state index in [0.29, 0.717) is 5.92 Å². The lowest BCUT2D eigenvalue weighted by Crippen LogP contribution is -2.57. The summed E-state index contributed by atoms with van der Waals surface area (Å²) >= 11 is 0. The van der Waals surface area contributed by atoms with Crippen LogP contribution in [-0.4, -0.2) is 41.5 Å². The molecular weight excluding hydrogens is 313 g/mol. The normalized spacial score (nSPS) is 25.5. The maximum Gasteiger partial charge on any atom is 0.311 e. The third-order valence-corrected chi connectivity index (χ3v) is 4.67. The molecule has 1 aromatic carbocycles. The summed E-state index contributed by atoms with van der Waals surface area (Å²) in [5.74, 6) is 0.0696. The molecular formula is C17H18FN3O3. The summed E-state index contributed by atoms with van der Waals surface area (Å²) in [6.07, 6.45) is 3.55. The number of nitrogens with one attached hydrogen (secondary N) is 1. The zero-order valence-electron chi connectivity index (χ0n) is 13.1. The summed E-state index contributed by atoms with van der Waals surface area (Å²) in [6.45, 7) is 3.10. The Balaban J connectivity index is 1.40. The first-order chi connectivity index (χ1) is 11.7. The number of halogens is 1. The Kier molecular flexibility index (Phi) is 3.93. The van der Waals surface area contributed by atoms with E-state index in [-0.39, 0.29) is 29.5 Å². The lowest BCUT2D eigenvalue weighted by molar-refractivity contribution is 0.0599. The molecule has 0 aliphatic carbocycles. The van der Waals surface area contributed by atoms with E-state index >= 15 is 0 Å². The van der Waals surface area contributed by atoms with Crippen LogP contribution in [0.3, 0.4) is 0 Å². The Hall–Kier alpha value is -2.41. The largest absolute Gasteiger partial charge is 0.425 e. The van der Waals surface area contributed by atoms with Gasteiger partial charge in [0.25, 0.3) is 5.89 Å². The van der Waals surface area contributed by atoms with Crippen LogP contribution < -0.4 is 10.1 Å². The maximum atomic E-state index is 13.1. The summed E-state index contributed by atoms with van der Waals surface area (Å²) in [6, 6.07) is 5.82. The number of benzene rings is 1. The van der Waals surface area contributed by atoms with Crippen molar-refractivity contribution in [1.29, 1.82) is 0 Å². The summed E-state index contributed by atoms with van der Waals surface area (Å²) in [7, 11) is 0. The molecule has 5 rings (SSSR count). The highest BCUT2D eigenvalue weighted by molar-refractivity contribution is 5.89. The highest BCUT2D eigenvalue weighted by atomic mass is 19.1. The van der Waals surface area contributed by atoms with Gasteiger partial charge in [-0.25, -0.2) is 9.37 Å². The van der Waals surface area contributed by atoms with Crippen molar-refractivity contribution in [3.63, 3.8) is 0 Å². The van der Waals surface area contributed by atoms with E-state index in [1.807, 2.05) is 0 Å². The molecule has 0 unspecified atom stereocenters. The Morgan fingerprint density at radius 2 is 2.21 bits per heavy atom. The molecule has 24 heavy (non-hydrogen) atoms. The molecule has 3 saturated heterocycles. The maximum absolute atomic E-state index is 13.1. The quantitative estimate of drug-likeness (QED) is 0.932. The number of carbonyl (C=O) groups excluding carboxylic acids is 1. The molecule has 2 aromatic rings. The number of hydrogen-bond donors (Lipinski definition) is 1. The predicted octanol–water partition coefficient (Wildman–Crippen LogP) is 2.43. The van der Waals surface area contributed by atoms with Gasteiger partial charge in [0.2, 0.25) is 0 Å². The van der Waals surface area contributed by atoms with Gasteiger partial charge in [-0.15, -0.1) is 0 Å². The summed E-state index contributed by atoms with van der Waals surface area (Å²) < 4.78 is 23.8. The van der Waals surface area contributed by atoms with Crippen LogP contribution in [-0.2, 0) is 0 Å². The number of rotatable bonds is 4. The molecule has 6 nitrogen and oxygen atoms in total. The number of piperidine rings is 3. The van der Waals surface area contributed by atoms with E-state index in [9.17, 15) is 9.18 Å².